The minimum atomic E-state index is -1.11. The monoisotopic (exact) mass is 549 g/mol. The lowest BCUT2D eigenvalue weighted by molar-refractivity contribution is -0.122. The number of nitrogens with two attached hydrogens (primary N) is 1. The molecule has 8 heteroatoms. The van der Waals surface area contributed by atoms with E-state index in [1.54, 1.807) is 74.9 Å². The zero-order chi connectivity index (χ0) is 28.9. The number of ether oxygens (including phenoxy) is 2. The third kappa shape index (κ3) is 5.49. The summed E-state index contributed by atoms with van der Waals surface area (Å²) >= 11 is 0. The Bertz CT molecular complexity index is 1510. The molecule has 0 radical (unpaired) electrons. The van der Waals surface area contributed by atoms with Crippen LogP contribution in [0.2, 0.25) is 0 Å². The summed E-state index contributed by atoms with van der Waals surface area (Å²) in [5.74, 6) is -1.24. The number of Topliss-reactive ketones (excluding diaryl/α,β-unsaturated/α-hetero) is 1. The van der Waals surface area contributed by atoms with E-state index in [1.165, 1.54) is 4.90 Å². The Morgan fingerprint density at radius 1 is 0.707 bits per heavy atom. The quantitative estimate of drug-likeness (QED) is 0.285. The Hall–Kier alpha value is -5.11. The molecule has 5 rings (SSSR count). The topological polar surface area (TPSA) is 111 Å². The van der Waals surface area contributed by atoms with Crippen molar-refractivity contribution >= 4 is 23.4 Å². The maximum Gasteiger partial charge on any atom is 0.323 e. The fraction of sp³-hybridized carbons (Fsp3) is 0.182. The van der Waals surface area contributed by atoms with Crippen molar-refractivity contribution in [2.45, 2.75) is 18.0 Å². The number of nitrogens with one attached hydrogen (secondary N) is 1. The van der Waals surface area contributed by atoms with Crippen LogP contribution in [0, 0.1) is 5.92 Å². The second-order valence-electron chi connectivity index (χ2n) is 9.82. The predicted octanol–water partition coefficient (Wildman–Crippen LogP) is 5.43. The van der Waals surface area contributed by atoms with Gasteiger partial charge < -0.3 is 25.4 Å². The first-order valence-electron chi connectivity index (χ1n) is 13.2. The number of hydrogen-bond acceptors (Lipinski definition) is 5. The van der Waals surface area contributed by atoms with Gasteiger partial charge in [-0.2, -0.15) is 0 Å². The van der Waals surface area contributed by atoms with E-state index in [2.05, 4.69) is 5.32 Å². The largest absolute Gasteiger partial charge is 0.497 e. The summed E-state index contributed by atoms with van der Waals surface area (Å²) in [4.78, 5) is 43.2. The molecular weight excluding hydrogens is 518 g/mol. The minimum Gasteiger partial charge on any atom is -0.497 e. The first-order chi connectivity index (χ1) is 19.9. The molecule has 1 fully saturated rings. The maximum absolute atomic E-state index is 14.5. The predicted molar refractivity (Wildman–Crippen MR) is 156 cm³/mol. The van der Waals surface area contributed by atoms with Crippen molar-refractivity contribution in [3.63, 3.8) is 0 Å². The first kappa shape index (κ1) is 27.5. The van der Waals surface area contributed by atoms with Crippen LogP contribution in [0.3, 0.4) is 0 Å². The molecule has 0 aromatic heterocycles. The van der Waals surface area contributed by atoms with Crippen molar-refractivity contribution < 1.29 is 23.9 Å². The second-order valence-corrected chi connectivity index (χ2v) is 9.82. The third-order valence-corrected chi connectivity index (χ3v) is 7.54. The number of primary amides is 1. The smallest absolute Gasteiger partial charge is 0.323 e. The molecule has 8 nitrogen and oxygen atoms in total. The highest BCUT2D eigenvalue weighted by Gasteiger charge is 2.57. The van der Waals surface area contributed by atoms with Gasteiger partial charge in [0.05, 0.1) is 26.2 Å². The number of amides is 3. The lowest BCUT2D eigenvalue weighted by Crippen LogP contribution is -2.48. The number of methoxy groups -OCH3 is 2. The van der Waals surface area contributed by atoms with Crippen LogP contribution < -0.4 is 20.5 Å². The Kier molecular flexibility index (Phi) is 8.01. The highest BCUT2D eigenvalue weighted by molar-refractivity contribution is 6.03. The third-order valence-electron chi connectivity index (χ3n) is 7.54. The number of urea groups is 1. The van der Waals surface area contributed by atoms with E-state index in [-0.39, 0.29) is 5.78 Å². The van der Waals surface area contributed by atoms with Crippen molar-refractivity contribution in [2.75, 3.05) is 19.5 Å². The van der Waals surface area contributed by atoms with E-state index in [0.29, 0.717) is 28.3 Å². The van der Waals surface area contributed by atoms with Gasteiger partial charge in [-0.25, -0.2) is 4.79 Å². The SMILES string of the molecule is COc1ccc(C(=O)C2C(c3ccccc3)C(C(N)=O)N(C(=O)Nc3ccccc3)C2c2ccc(OC)cc2)cc1. The summed E-state index contributed by atoms with van der Waals surface area (Å²) < 4.78 is 10.6. The van der Waals surface area contributed by atoms with Crippen LogP contribution >= 0.6 is 0 Å². The number of likely N-dealkylation sites (tertiary alicyclic amines) is 1. The molecule has 4 aromatic rings. The average molecular weight is 550 g/mol. The molecular formula is C33H31N3O5. The number of rotatable bonds is 8. The van der Waals surface area contributed by atoms with Crippen LogP contribution in [0.5, 0.6) is 11.5 Å². The number of hydrogen-bond donors (Lipinski definition) is 2. The summed E-state index contributed by atoms with van der Waals surface area (Å²) in [6, 6.07) is 29.7. The molecule has 4 unspecified atom stereocenters. The Morgan fingerprint density at radius 2 is 1.24 bits per heavy atom. The van der Waals surface area contributed by atoms with Crippen molar-refractivity contribution in [1.82, 2.24) is 4.90 Å². The number of ketones is 1. The van der Waals surface area contributed by atoms with Gasteiger partial charge in [-0.15, -0.1) is 0 Å². The lowest BCUT2D eigenvalue weighted by atomic mass is 9.76. The molecule has 1 aliphatic heterocycles. The van der Waals surface area contributed by atoms with Crippen LogP contribution in [0.25, 0.3) is 0 Å². The fourth-order valence-corrected chi connectivity index (χ4v) is 5.68. The van der Waals surface area contributed by atoms with E-state index in [1.807, 2.05) is 48.5 Å². The normalized spacial score (nSPS) is 19.8. The van der Waals surface area contributed by atoms with Crippen molar-refractivity contribution in [2.24, 2.45) is 11.7 Å². The molecule has 0 aliphatic carbocycles. The van der Waals surface area contributed by atoms with E-state index in [9.17, 15) is 14.4 Å². The summed E-state index contributed by atoms with van der Waals surface area (Å²) in [6.45, 7) is 0. The Morgan fingerprint density at radius 3 is 1.78 bits per heavy atom. The summed E-state index contributed by atoms with van der Waals surface area (Å²) in [5, 5.41) is 2.90. The molecule has 1 heterocycles. The number of anilines is 1. The number of para-hydroxylation sites is 1. The van der Waals surface area contributed by atoms with Crippen LogP contribution in [0.1, 0.15) is 33.4 Å². The van der Waals surface area contributed by atoms with Gasteiger partial charge in [-0.3, -0.25) is 9.59 Å². The first-order valence-corrected chi connectivity index (χ1v) is 13.2. The molecule has 1 aliphatic rings. The standard InChI is InChI=1S/C33H31N3O5/c1-40-25-17-13-22(14-18-25)29-28(31(37)23-15-19-26(41-2)20-16-23)27(21-9-5-3-6-10-21)30(32(34)38)36(29)33(39)35-24-11-7-4-8-12-24/h3-20,27-30H,1-2H3,(H2,34,38)(H,35,39). The number of nitrogens with zero attached hydrogens (tertiary/aromatic N) is 1. The number of carbonyl (C=O) groups excluding carboxylic acids is 3. The molecule has 0 saturated carbocycles. The molecule has 0 bridgehead atoms. The Balaban J connectivity index is 1.70. The lowest BCUT2D eigenvalue weighted by Gasteiger charge is -2.31. The van der Waals surface area contributed by atoms with Crippen molar-refractivity contribution in [3.8, 4) is 11.5 Å². The van der Waals surface area contributed by atoms with Gasteiger partial charge in [-0.1, -0.05) is 60.7 Å². The zero-order valence-electron chi connectivity index (χ0n) is 22.8. The van der Waals surface area contributed by atoms with Gasteiger partial charge in [0.15, 0.2) is 5.78 Å². The zero-order valence-corrected chi connectivity index (χ0v) is 22.8. The number of carbonyl (C=O) groups is 3. The molecule has 208 valence electrons. The molecule has 3 amide bonds. The minimum absolute atomic E-state index is 0.219. The summed E-state index contributed by atoms with van der Waals surface area (Å²) in [6.07, 6.45) is 0. The van der Waals surface area contributed by atoms with Gasteiger partial charge in [0.25, 0.3) is 0 Å². The molecule has 1 saturated heterocycles. The molecule has 0 spiro atoms. The van der Waals surface area contributed by atoms with Gasteiger partial charge in [-0.05, 0) is 59.7 Å². The molecule has 4 aromatic carbocycles. The highest BCUT2D eigenvalue weighted by atomic mass is 16.5. The van der Waals surface area contributed by atoms with Crippen LogP contribution in [0.4, 0.5) is 10.5 Å². The van der Waals surface area contributed by atoms with Crippen LogP contribution in [0.15, 0.2) is 109 Å². The maximum atomic E-state index is 14.5. The van der Waals surface area contributed by atoms with Gasteiger partial charge in [0.2, 0.25) is 5.91 Å². The van der Waals surface area contributed by atoms with Crippen LogP contribution in [-0.4, -0.2) is 42.9 Å². The fourth-order valence-electron chi connectivity index (χ4n) is 5.68. The summed E-state index contributed by atoms with van der Waals surface area (Å²) in [7, 11) is 3.12. The number of benzene rings is 4. The van der Waals surface area contributed by atoms with Crippen LogP contribution in [-0.2, 0) is 4.79 Å². The second kappa shape index (κ2) is 12.0. The van der Waals surface area contributed by atoms with E-state index < -0.39 is 35.9 Å². The Labute approximate surface area is 238 Å². The van der Waals surface area contributed by atoms with E-state index >= 15 is 0 Å². The molecule has 4 atom stereocenters. The molecule has 41 heavy (non-hydrogen) atoms. The van der Waals surface area contributed by atoms with E-state index in [0.717, 1.165) is 5.56 Å². The van der Waals surface area contributed by atoms with Crippen molar-refractivity contribution in [3.05, 3.63) is 126 Å². The summed E-state index contributed by atoms with van der Waals surface area (Å²) in [5.41, 5.74) is 8.45. The molecule has 3 N–H and O–H groups in total. The van der Waals surface area contributed by atoms with E-state index in [4.69, 9.17) is 15.2 Å². The van der Waals surface area contributed by atoms with Gasteiger partial charge >= 0.3 is 6.03 Å². The van der Waals surface area contributed by atoms with Crippen molar-refractivity contribution in [1.29, 1.82) is 0 Å². The van der Waals surface area contributed by atoms with Gasteiger partial charge in [0, 0.05) is 17.2 Å². The highest BCUT2D eigenvalue weighted by Crippen LogP contribution is 2.51. The van der Waals surface area contributed by atoms with Gasteiger partial charge in [0.1, 0.15) is 17.5 Å². The average Bonchev–Trinajstić information content (AvgIpc) is 3.38.